The van der Waals surface area contributed by atoms with Crippen molar-refractivity contribution in [1.29, 1.82) is 10.5 Å². The monoisotopic (exact) mass is 820 g/mol. The number of hydrogen-bond donors (Lipinski definition) is 0. The molecular weight excluding hydrogens is 777 g/mol. The summed E-state index contributed by atoms with van der Waals surface area (Å²) >= 11 is 0. The predicted octanol–water partition coefficient (Wildman–Crippen LogP) is 15.5. The molecule has 0 spiro atoms. The zero-order chi connectivity index (χ0) is 43.5. The van der Waals surface area contributed by atoms with Crippen LogP contribution in [0.15, 0.2) is 187 Å². The van der Waals surface area contributed by atoms with Gasteiger partial charge < -0.3 is 9.80 Å². The van der Waals surface area contributed by atoms with Crippen LogP contribution in [0.5, 0.6) is 0 Å². The first-order chi connectivity index (χ1) is 31.1. The van der Waals surface area contributed by atoms with Gasteiger partial charge in [0.1, 0.15) is 0 Å². The zero-order valence-electron chi connectivity index (χ0n) is 36.3. The van der Waals surface area contributed by atoms with E-state index in [1.165, 1.54) is 60.5 Å². The van der Waals surface area contributed by atoms with Crippen molar-refractivity contribution < 1.29 is 0 Å². The normalized spacial score (nSPS) is 16.3. The van der Waals surface area contributed by atoms with Crippen molar-refractivity contribution >= 4 is 60.8 Å². The van der Waals surface area contributed by atoms with Gasteiger partial charge in [0.15, 0.2) is 0 Å². The maximum absolute atomic E-state index is 9.81. The highest BCUT2D eigenvalue weighted by atomic mass is 15.2. The van der Waals surface area contributed by atoms with Gasteiger partial charge in [-0.25, -0.2) is 0 Å². The van der Waals surface area contributed by atoms with Crippen molar-refractivity contribution in [2.75, 3.05) is 9.80 Å². The van der Waals surface area contributed by atoms with Crippen molar-refractivity contribution in [3.05, 3.63) is 221 Å². The number of benzene rings is 9. The van der Waals surface area contributed by atoms with Gasteiger partial charge in [0.05, 0.1) is 34.6 Å². The Balaban J connectivity index is 1.06. The molecule has 9 aromatic carbocycles. The quantitative estimate of drug-likeness (QED) is 0.157. The van der Waals surface area contributed by atoms with E-state index in [0.29, 0.717) is 17.0 Å². The molecule has 3 aliphatic carbocycles. The van der Waals surface area contributed by atoms with E-state index in [0.717, 1.165) is 51.3 Å². The fourth-order valence-corrected chi connectivity index (χ4v) is 11.5. The molecule has 0 bridgehead atoms. The molecule has 0 amide bonds. The molecule has 0 saturated carbocycles. The average Bonchev–Trinajstić information content (AvgIpc) is 3.71. The first-order valence-electron chi connectivity index (χ1n) is 22.2. The van der Waals surface area contributed by atoms with E-state index < -0.39 is 0 Å². The van der Waals surface area contributed by atoms with Gasteiger partial charge in [-0.15, -0.1) is 0 Å². The Morgan fingerprint density at radius 2 is 1.03 bits per heavy atom. The average molecular weight is 821 g/mol. The second-order valence-electron chi connectivity index (χ2n) is 18.7. The molecule has 0 N–H and O–H groups in total. The Labute approximate surface area is 374 Å². The van der Waals surface area contributed by atoms with E-state index in [4.69, 9.17) is 0 Å². The lowest BCUT2D eigenvalue weighted by Gasteiger charge is -2.33. The highest BCUT2D eigenvalue weighted by Gasteiger charge is 2.43. The molecule has 3 aliphatic rings. The van der Waals surface area contributed by atoms with Gasteiger partial charge in [-0.05, 0) is 140 Å². The van der Waals surface area contributed by atoms with E-state index in [9.17, 15) is 10.5 Å². The summed E-state index contributed by atoms with van der Waals surface area (Å²) < 4.78 is 0. The number of rotatable bonds is 6. The first-order valence-corrected chi connectivity index (χ1v) is 22.2. The molecule has 12 rings (SSSR count). The van der Waals surface area contributed by atoms with Crippen molar-refractivity contribution in [2.45, 2.75) is 50.9 Å². The number of anilines is 5. The second kappa shape index (κ2) is 13.8. The summed E-state index contributed by atoms with van der Waals surface area (Å²) in [6, 6.07) is 63.5. The van der Waals surface area contributed by atoms with Crippen molar-refractivity contribution in [1.82, 2.24) is 0 Å². The Bertz CT molecular complexity index is 3550. The van der Waals surface area contributed by atoms with Gasteiger partial charge in [-0.2, -0.15) is 10.5 Å². The maximum Gasteiger partial charge on any atom is 0.0991 e. The third kappa shape index (κ3) is 5.39. The van der Waals surface area contributed by atoms with E-state index in [1.54, 1.807) is 0 Å². The highest BCUT2D eigenvalue weighted by molar-refractivity contribution is 6.28. The topological polar surface area (TPSA) is 54.1 Å². The smallest absolute Gasteiger partial charge is 0.0991 e. The molecule has 1 atom stereocenters. The SMILES string of the molecule is CC1(C)C2=CC(N(c3ccc(C#N)cc3)c3ccc4ccc5c(N(c6ccc(C#N)cc6)c6ccc7c(c6)C(C)(C)c6ccccc6-7)ccc6ccc3c4c65)=CCC2c2ccccc21. The summed E-state index contributed by atoms with van der Waals surface area (Å²) in [6.45, 7) is 9.39. The number of nitrogens with zero attached hydrogens (tertiary/aromatic N) is 4. The first kappa shape index (κ1) is 37.8. The molecule has 0 radical (unpaired) electrons. The summed E-state index contributed by atoms with van der Waals surface area (Å²) in [5, 5.41) is 26.7. The van der Waals surface area contributed by atoms with Crippen LogP contribution in [-0.4, -0.2) is 0 Å². The third-order valence-corrected chi connectivity index (χ3v) is 14.7. The maximum atomic E-state index is 9.81. The van der Waals surface area contributed by atoms with Crippen LogP contribution in [0.3, 0.4) is 0 Å². The molecule has 0 fully saturated rings. The molecule has 1 unspecified atom stereocenters. The number of hydrogen-bond acceptors (Lipinski definition) is 4. The molecule has 0 heterocycles. The number of allylic oxidation sites excluding steroid dienone is 3. The largest absolute Gasteiger partial charge is 0.310 e. The van der Waals surface area contributed by atoms with Crippen molar-refractivity contribution in [2.24, 2.45) is 0 Å². The second-order valence-corrected chi connectivity index (χ2v) is 18.7. The lowest BCUT2D eigenvalue weighted by atomic mass is 9.78. The van der Waals surface area contributed by atoms with E-state index in [-0.39, 0.29) is 10.8 Å². The van der Waals surface area contributed by atoms with Crippen LogP contribution in [0.1, 0.15) is 73.4 Å². The number of fused-ring (bicyclic) bond motifs is 6. The molecule has 0 aromatic heterocycles. The van der Waals surface area contributed by atoms with Gasteiger partial charge in [0, 0.05) is 50.3 Å². The lowest BCUT2D eigenvalue weighted by Crippen LogP contribution is -2.22. The summed E-state index contributed by atoms with van der Waals surface area (Å²) in [4.78, 5) is 4.77. The van der Waals surface area contributed by atoms with Gasteiger partial charge in [-0.3, -0.25) is 0 Å². The van der Waals surface area contributed by atoms with Gasteiger partial charge in [-0.1, -0.05) is 130 Å². The van der Waals surface area contributed by atoms with Crippen molar-refractivity contribution in [3.8, 4) is 23.3 Å². The Morgan fingerprint density at radius 1 is 0.500 bits per heavy atom. The lowest BCUT2D eigenvalue weighted by molar-refractivity contribution is 0.609. The van der Waals surface area contributed by atoms with E-state index >= 15 is 0 Å². The molecular formula is C60H44N4. The van der Waals surface area contributed by atoms with Crippen LogP contribution >= 0.6 is 0 Å². The minimum Gasteiger partial charge on any atom is -0.310 e. The van der Waals surface area contributed by atoms with E-state index in [2.05, 4.69) is 201 Å². The molecule has 4 heteroatoms. The van der Waals surface area contributed by atoms with Gasteiger partial charge >= 0.3 is 0 Å². The fourth-order valence-electron chi connectivity index (χ4n) is 11.5. The third-order valence-electron chi connectivity index (χ3n) is 14.7. The highest BCUT2D eigenvalue weighted by Crippen LogP contribution is 2.55. The van der Waals surface area contributed by atoms with E-state index in [1.807, 2.05) is 24.3 Å². The summed E-state index contributed by atoms with van der Waals surface area (Å²) in [5.41, 5.74) is 16.9. The molecule has 304 valence electrons. The van der Waals surface area contributed by atoms with Crippen molar-refractivity contribution in [3.63, 3.8) is 0 Å². The van der Waals surface area contributed by atoms with Gasteiger partial charge in [0.2, 0.25) is 0 Å². The Kier molecular flexibility index (Phi) is 8.15. The van der Waals surface area contributed by atoms with Gasteiger partial charge in [0.25, 0.3) is 0 Å². The van der Waals surface area contributed by atoms with Crippen LogP contribution in [0.2, 0.25) is 0 Å². The van der Waals surface area contributed by atoms with Crippen LogP contribution in [0, 0.1) is 22.7 Å². The predicted molar refractivity (Wildman–Crippen MR) is 263 cm³/mol. The fraction of sp³-hybridized carbons (Fsp3) is 0.133. The molecule has 0 aliphatic heterocycles. The molecule has 4 nitrogen and oxygen atoms in total. The molecule has 9 aromatic rings. The van der Waals surface area contributed by atoms with Crippen LogP contribution in [-0.2, 0) is 10.8 Å². The molecule has 0 saturated heterocycles. The minimum absolute atomic E-state index is 0.102. The summed E-state index contributed by atoms with van der Waals surface area (Å²) in [7, 11) is 0. The summed E-state index contributed by atoms with van der Waals surface area (Å²) in [6.07, 6.45) is 5.77. The number of nitriles is 2. The molecule has 64 heavy (non-hydrogen) atoms. The standard InChI is InChI=1S/C60H44N4/c1-59(2)51-11-7-5-9-45(51)47-29-25-43(33-53(47)59)63(41-21-13-37(35-61)14-22-41)55-31-19-39-18-28-50-56(32-20-40-17-27-49(55)57(39)58(40)50)64(42-23-15-38(36-62)16-24-42)44-26-30-48-46-10-6-8-12-52(46)60(3,4)54(48)34-44/h5-29,31-34,48H,30H2,1-4H3. The van der Waals surface area contributed by atoms with Crippen LogP contribution in [0.4, 0.5) is 28.4 Å². The van der Waals surface area contributed by atoms with Crippen LogP contribution in [0.25, 0.3) is 43.4 Å². The van der Waals surface area contributed by atoms with Crippen LogP contribution < -0.4 is 9.80 Å². The Morgan fingerprint density at radius 3 is 1.67 bits per heavy atom. The summed E-state index contributed by atoms with van der Waals surface area (Å²) in [5.74, 6) is 0.351. The minimum atomic E-state index is -0.166. The zero-order valence-corrected chi connectivity index (χ0v) is 36.3. The Hall–Kier alpha value is -7.92.